The van der Waals surface area contributed by atoms with Gasteiger partial charge in [-0.05, 0) is 54.5 Å². The molecule has 0 unspecified atom stereocenters. The first-order valence-corrected chi connectivity index (χ1v) is 8.99. The number of halogens is 1. The first-order valence-electron chi connectivity index (χ1n) is 8.62. The minimum atomic E-state index is 0.310. The SMILES string of the molecule is C=CCOc1c(Cl)cc(/C=C(\C#N)c2ccc(OC)c(OC)c2)cc1OCC. The maximum Gasteiger partial charge on any atom is 0.180 e. The second kappa shape index (κ2) is 10.3. The predicted octanol–water partition coefficient (Wildman–Crippen LogP) is 5.38. The van der Waals surface area contributed by atoms with Gasteiger partial charge in [0.15, 0.2) is 23.0 Å². The van der Waals surface area contributed by atoms with Crippen molar-refractivity contribution < 1.29 is 18.9 Å². The second-order valence-corrected chi connectivity index (χ2v) is 6.01. The van der Waals surface area contributed by atoms with Crippen molar-refractivity contribution in [1.29, 1.82) is 5.26 Å². The van der Waals surface area contributed by atoms with Crippen LogP contribution in [0.2, 0.25) is 5.02 Å². The molecule has 28 heavy (non-hydrogen) atoms. The molecule has 0 N–H and O–H groups in total. The van der Waals surface area contributed by atoms with Gasteiger partial charge in [-0.2, -0.15) is 5.26 Å². The van der Waals surface area contributed by atoms with Crippen LogP contribution in [0.1, 0.15) is 18.1 Å². The van der Waals surface area contributed by atoms with Gasteiger partial charge in [0.2, 0.25) is 0 Å². The fourth-order valence-electron chi connectivity index (χ4n) is 2.57. The minimum absolute atomic E-state index is 0.310. The van der Waals surface area contributed by atoms with E-state index in [1.807, 2.05) is 6.92 Å². The van der Waals surface area contributed by atoms with E-state index in [1.165, 1.54) is 0 Å². The number of benzene rings is 2. The van der Waals surface area contributed by atoms with Crippen LogP contribution in [0.15, 0.2) is 43.0 Å². The maximum atomic E-state index is 9.65. The van der Waals surface area contributed by atoms with Crippen LogP contribution in [0.5, 0.6) is 23.0 Å². The predicted molar refractivity (Wildman–Crippen MR) is 111 cm³/mol. The van der Waals surface area contributed by atoms with Gasteiger partial charge in [0.25, 0.3) is 0 Å². The van der Waals surface area contributed by atoms with E-state index in [2.05, 4.69) is 12.6 Å². The van der Waals surface area contributed by atoms with E-state index in [4.69, 9.17) is 30.5 Å². The average Bonchev–Trinajstić information content (AvgIpc) is 2.71. The Bertz CT molecular complexity index is 915. The summed E-state index contributed by atoms with van der Waals surface area (Å²) in [5.41, 5.74) is 1.85. The van der Waals surface area contributed by atoms with Gasteiger partial charge in [-0.1, -0.05) is 24.3 Å². The van der Waals surface area contributed by atoms with E-state index in [9.17, 15) is 5.26 Å². The second-order valence-electron chi connectivity index (χ2n) is 5.60. The van der Waals surface area contributed by atoms with Crippen molar-refractivity contribution in [2.24, 2.45) is 0 Å². The number of allylic oxidation sites excluding steroid dienone is 1. The number of nitriles is 1. The molecule has 0 fully saturated rings. The summed E-state index contributed by atoms with van der Waals surface area (Å²) in [6.45, 7) is 6.27. The first-order chi connectivity index (χ1) is 13.6. The third-order valence-electron chi connectivity index (χ3n) is 3.80. The number of hydrogen-bond donors (Lipinski definition) is 0. The molecule has 0 aliphatic heterocycles. The lowest BCUT2D eigenvalue weighted by Crippen LogP contribution is -2.00. The molecule has 0 bridgehead atoms. The smallest absolute Gasteiger partial charge is 0.180 e. The third kappa shape index (κ3) is 4.99. The van der Waals surface area contributed by atoms with E-state index >= 15 is 0 Å². The van der Waals surface area contributed by atoms with E-state index < -0.39 is 0 Å². The number of ether oxygens (including phenoxy) is 4. The molecule has 0 amide bonds. The molecule has 0 atom stereocenters. The molecule has 0 saturated heterocycles. The summed E-state index contributed by atoms with van der Waals surface area (Å²) >= 11 is 6.38. The molecule has 0 aliphatic carbocycles. The maximum absolute atomic E-state index is 9.65. The highest BCUT2D eigenvalue weighted by Crippen LogP contribution is 2.38. The summed E-state index contributed by atoms with van der Waals surface area (Å²) in [6.07, 6.45) is 3.36. The van der Waals surface area contributed by atoms with E-state index in [1.54, 1.807) is 56.7 Å². The average molecular weight is 400 g/mol. The quantitative estimate of drug-likeness (QED) is 0.321. The summed E-state index contributed by atoms with van der Waals surface area (Å²) in [5.74, 6) is 2.09. The van der Waals surface area contributed by atoms with Crippen molar-refractivity contribution in [3.05, 3.63) is 59.1 Å². The standard InChI is InChI=1S/C22H22ClNO4/c1-5-9-28-22-18(23)11-15(12-21(22)27-6-2)10-17(14-24)16-7-8-19(25-3)20(13-16)26-4/h5,7-8,10-13H,1,6,9H2,2-4H3/b17-10+. The zero-order chi connectivity index (χ0) is 20.5. The Morgan fingerprint density at radius 2 is 1.86 bits per heavy atom. The first kappa shape index (κ1) is 21.2. The van der Waals surface area contributed by atoms with Crippen LogP contribution in [0, 0.1) is 11.3 Å². The summed E-state index contributed by atoms with van der Waals surface area (Å²) in [5, 5.41) is 10.0. The molecular formula is C22H22ClNO4. The van der Waals surface area contributed by atoms with Crippen LogP contribution in [-0.2, 0) is 0 Å². The molecule has 6 heteroatoms. The van der Waals surface area contributed by atoms with Crippen LogP contribution in [0.3, 0.4) is 0 Å². The zero-order valence-corrected chi connectivity index (χ0v) is 16.9. The van der Waals surface area contributed by atoms with E-state index in [-0.39, 0.29) is 0 Å². The Morgan fingerprint density at radius 1 is 1.11 bits per heavy atom. The molecular weight excluding hydrogens is 378 g/mol. The minimum Gasteiger partial charge on any atom is -0.493 e. The number of methoxy groups -OCH3 is 2. The molecule has 0 spiro atoms. The van der Waals surface area contributed by atoms with Crippen molar-refractivity contribution >= 4 is 23.3 Å². The van der Waals surface area contributed by atoms with Gasteiger partial charge in [-0.25, -0.2) is 0 Å². The van der Waals surface area contributed by atoms with Crippen molar-refractivity contribution in [3.63, 3.8) is 0 Å². The molecule has 2 aromatic rings. The summed E-state index contributed by atoms with van der Waals surface area (Å²) in [7, 11) is 3.11. The fourth-order valence-corrected chi connectivity index (χ4v) is 2.84. The van der Waals surface area contributed by atoms with Crippen molar-refractivity contribution in [1.82, 2.24) is 0 Å². The molecule has 0 aliphatic rings. The monoisotopic (exact) mass is 399 g/mol. The van der Waals surface area contributed by atoms with Gasteiger partial charge >= 0.3 is 0 Å². The number of nitrogens with zero attached hydrogens (tertiary/aromatic N) is 1. The van der Waals surface area contributed by atoms with Crippen LogP contribution >= 0.6 is 11.6 Å². The normalized spacial score (nSPS) is 10.8. The molecule has 0 aromatic heterocycles. The highest BCUT2D eigenvalue weighted by Gasteiger charge is 2.13. The van der Waals surface area contributed by atoms with Crippen LogP contribution in [0.4, 0.5) is 0 Å². The highest BCUT2D eigenvalue weighted by molar-refractivity contribution is 6.32. The Morgan fingerprint density at radius 3 is 2.46 bits per heavy atom. The summed E-state index contributed by atoms with van der Waals surface area (Å²) < 4.78 is 21.8. The van der Waals surface area contributed by atoms with Crippen molar-refractivity contribution in [3.8, 4) is 29.1 Å². The van der Waals surface area contributed by atoms with E-state index in [0.717, 1.165) is 0 Å². The number of hydrogen-bond acceptors (Lipinski definition) is 5. The fraction of sp³-hybridized carbons (Fsp3) is 0.227. The molecule has 2 aromatic carbocycles. The molecule has 0 heterocycles. The zero-order valence-electron chi connectivity index (χ0n) is 16.1. The van der Waals surface area contributed by atoms with Crippen LogP contribution in [-0.4, -0.2) is 27.4 Å². The van der Waals surface area contributed by atoms with Crippen molar-refractivity contribution in [2.75, 3.05) is 27.4 Å². The molecule has 2 rings (SSSR count). The van der Waals surface area contributed by atoms with Crippen LogP contribution < -0.4 is 18.9 Å². The molecule has 146 valence electrons. The van der Waals surface area contributed by atoms with Gasteiger partial charge in [0.05, 0.1) is 37.5 Å². The Hall–Kier alpha value is -3.10. The molecule has 0 radical (unpaired) electrons. The van der Waals surface area contributed by atoms with Gasteiger partial charge in [-0.15, -0.1) is 0 Å². The number of rotatable bonds is 9. The van der Waals surface area contributed by atoms with Crippen molar-refractivity contribution in [2.45, 2.75) is 6.92 Å². The third-order valence-corrected chi connectivity index (χ3v) is 4.08. The largest absolute Gasteiger partial charge is 0.493 e. The van der Waals surface area contributed by atoms with Gasteiger partial charge in [0, 0.05) is 0 Å². The Kier molecular flexibility index (Phi) is 7.79. The lowest BCUT2D eigenvalue weighted by Gasteiger charge is -2.14. The lowest BCUT2D eigenvalue weighted by molar-refractivity contribution is 0.297. The van der Waals surface area contributed by atoms with Gasteiger partial charge < -0.3 is 18.9 Å². The van der Waals surface area contributed by atoms with Gasteiger partial charge in [-0.3, -0.25) is 0 Å². The summed E-state index contributed by atoms with van der Waals surface area (Å²) in [6, 6.07) is 11.0. The van der Waals surface area contributed by atoms with Gasteiger partial charge in [0.1, 0.15) is 6.61 Å². The highest BCUT2D eigenvalue weighted by atomic mass is 35.5. The molecule has 0 saturated carbocycles. The topological polar surface area (TPSA) is 60.7 Å². The Balaban J connectivity index is 2.49. The Labute approximate surface area is 170 Å². The molecule has 5 nitrogen and oxygen atoms in total. The van der Waals surface area contributed by atoms with Crippen LogP contribution in [0.25, 0.3) is 11.6 Å². The lowest BCUT2D eigenvalue weighted by atomic mass is 10.0. The summed E-state index contributed by atoms with van der Waals surface area (Å²) in [4.78, 5) is 0. The van der Waals surface area contributed by atoms with E-state index in [0.29, 0.717) is 57.9 Å².